The Bertz CT molecular complexity index is 1220. The van der Waals surface area contributed by atoms with Crippen molar-refractivity contribution in [2.45, 2.75) is 51.1 Å². The summed E-state index contributed by atoms with van der Waals surface area (Å²) in [5.41, 5.74) is 3.86. The second-order valence-corrected chi connectivity index (χ2v) is 8.92. The first-order valence-corrected chi connectivity index (χ1v) is 10.9. The molecule has 0 amide bonds. The highest BCUT2D eigenvalue weighted by atomic mass is 16.1. The molecule has 0 aliphatic carbocycles. The Morgan fingerprint density at radius 1 is 1.19 bits per heavy atom. The Kier molecular flexibility index (Phi) is 4.85. The minimum atomic E-state index is -0.203. The number of rotatable bonds is 6. The number of carbonyl (C=O) groups excluding carboxylic acids is 1. The molecule has 1 aromatic carbocycles. The Labute approximate surface area is 181 Å². The number of carbonyl (C=O) groups is 1. The topological polar surface area (TPSA) is 75.6 Å². The number of nitrogens with zero attached hydrogens (tertiary/aromatic N) is 3. The van der Waals surface area contributed by atoms with Gasteiger partial charge in [-0.1, -0.05) is 24.3 Å². The molecule has 0 saturated heterocycles. The van der Waals surface area contributed by atoms with Crippen LogP contribution < -0.4 is 5.32 Å². The summed E-state index contributed by atoms with van der Waals surface area (Å²) in [7, 11) is 0. The van der Waals surface area contributed by atoms with Crippen LogP contribution in [0.25, 0.3) is 10.9 Å². The van der Waals surface area contributed by atoms with Crippen LogP contribution in [0.2, 0.25) is 0 Å². The minimum absolute atomic E-state index is 0.0539. The van der Waals surface area contributed by atoms with Gasteiger partial charge in [-0.15, -0.1) is 0 Å². The fourth-order valence-corrected chi connectivity index (χ4v) is 4.63. The molecule has 0 spiro atoms. The van der Waals surface area contributed by atoms with Gasteiger partial charge in [-0.3, -0.25) is 9.78 Å². The summed E-state index contributed by atoms with van der Waals surface area (Å²) >= 11 is 0. The molecule has 4 heterocycles. The van der Waals surface area contributed by atoms with Gasteiger partial charge in [-0.05, 0) is 56.9 Å². The van der Waals surface area contributed by atoms with Crippen LogP contribution in [0.1, 0.15) is 60.8 Å². The molecule has 5 rings (SSSR count). The first-order valence-electron chi connectivity index (χ1n) is 10.9. The van der Waals surface area contributed by atoms with E-state index in [-0.39, 0.29) is 17.4 Å². The number of Topliss-reactive ketones (excluding diaryl/α,β-unsaturated/α-hetero) is 1. The van der Waals surface area contributed by atoms with E-state index in [1.165, 1.54) is 10.9 Å². The lowest BCUT2D eigenvalue weighted by Gasteiger charge is -2.37. The molecule has 1 unspecified atom stereocenters. The van der Waals surface area contributed by atoms with Gasteiger partial charge < -0.3 is 10.3 Å². The van der Waals surface area contributed by atoms with Gasteiger partial charge in [0.1, 0.15) is 5.82 Å². The Morgan fingerprint density at radius 2 is 2.03 bits per heavy atom. The number of anilines is 1. The summed E-state index contributed by atoms with van der Waals surface area (Å²) in [6.45, 7) is 4.32. The normalized spacial score (nSPS) is 17.3. The standard InChI is InChI=1S/C25H27N5O/c1-25(2)14-22(21-11-5-6-13-26-21)29-24-19(16-28-30(24)25)23(31)12-7-8-17-15-27-20-10-4-3-9-18(17)20/h3-6,9-11,13,15-16,22,27,29H,7-8,12,14H2,1-2H3. The van der Waals surface area contributed by atoms with Gasteiger partial charge in [0.2, 0.25) is 0 Å². The summed E-state index contributed by atoms with van der Waals surface area (Å²) in [6, 6.07) is 14.3. The van der Waals surface area contributed by atoms with Gasteiger partial charge >= 0.3 is 0 Å². The van der Waals surface area contributed by atoms with Crippen molar-refractivity contribution in [2.24, 2.45) is 0 Å². The van der Waals surface area contributed by atoms with Gasteiger partial charge in [0.15, 0.2) is 5.78 Å². The number of hydrogen-bond donors (Lipinski definition) is 2. The van der Waals surface area contributed by atoms with E-state index in [9.17, 15) is 4.79 Å². The highest BCUT2D eigenvalue weighted by Crippen LogP contribution is 2.39. The number of hydrogen-bond acceptors (Lipinski definition) is 4. The van der Waals surface area contributed by atoms with Gasteiger partial charge in [-0.2, -0.15) is 5.10 Å². The van der Waals surface area contributed by atoms with Gasteiger partial charge in [-0.25, -0.2) is 4.68 Å². The number of aromatic nitrogens is 4. The average molecular weight is 414 g/mol. The van der Waals surface area contributed by atoms with Crippen LogP contribution in [0.5, 0.6) is 0 Å². The zero-order valence-electron chi connectivity index (χ0n) is 17.9. The lowest BCUT2D eigenvalue weighted by atomic mass is 9.90. The summed E-state index contributed by atoms with van der Waals surface area (Å²) < 4.78 is 1.96. The van der Waals surface area contributed by atoms with Crippen molar-refractivity contribution in [1.82, 2.24) is 19.7 Å². The molecule has 2 N–H and O–H groups in total. The summed E-state index contributed by atoms with van der Waals surface area (Å²) in [5.74, 6) is 0.940. The Balaban J connectivity index is 1.32. The largest absolute Gasteiger partial charge is 0.361 e. The van der Waals surface area contributed by atoms with E-state index in [0.717, 1.165) is 36.3 Å². The fraction of sp³-hybridized carbons (Fsp3) is 0.320. The van der Waals surface area contributed by atoms with Crippen molar-refractivity contribution in [3.8, 4) is 0 Å². The molecular weight excluding hydrogens is 386 g/mol. The zero-order valence-corrected chi connectivity index (χ0v) is 17.9. The van der Waals surface area contributed by atoms with Crippen LogP contribution in [-0.2, 0) is 12.0 Å². The lowest BCUT2D eigenvalue weighted by molar-refractivity contribution is 0.0980. The predicted octanol–water partition coefficient (Wildman–Crippen LogP) is 5.26. The van der Waals surface area contributed by atoms with Crippen molar-refractivity contribution in [2.75, 3.05) is 5.32 Å². The van der Waals surface area contributed by atoms with E-state index in [4.69, 9.17) is 0 Å². The monoisotopic (exact) mass is 413 g/mol. The number of fused-ring (bicyclic) bond motifs is 2. The van der Waals surface area contributed by atoms with Gasteiger partial charge in [0.05, 0.1) is 29.0 Å². The van der Waals surface area contributed by atoms with Crippen molar-refractivity contribution in [3.05, 3.63) is 77.9 Å². The fourth-order valence-electron chi connectivity index (χ4n) is 4.63. The quantitative estimate of drug-likeness (QED) is 0.423. The van der Waals surface area contributed by atoms with Gasteiger partial charge in [0.25, 0.3) is 0 Å². The molecule has 0 radical (unpaired) electrons. The lowest BCUT2D eigenvalue weighted by Crippen LogP contribution is -2.38. The first kappa shape index (κ1) is 19.5. The Morgan fingerprint density at radius 3 is 2.87 bits per heavy atom. The number of para-hydroxylation sites is 1. The molecule has 0 bridgehead atoms. The molecule has 1 aliphatic rings. The minimum Gasteiger partial charge on any atom is -0.361 e. The number of aromatic amines is 1. The second kappa shape index (κ2) is 7.69. The number of ketones is 1. The molecule has 0 saturated carbocycles. The van der Waals surface area contributed by atoms with E-state index in [1.807, 2.05) is 35.1 Å². The van der Waals surface area contributed by atoms with Gasteiger partial charge in [0, 0.05) is 29.7 Å². The predicted molar refractivity (Wildman–Crippen MR) is 122 cm³/mol. The van der Waals surface area contributed by atoms with Crippen LogP contribution in [0, 0.1) is 0 Å². The maximum atomic E-state index is 13.1. The molecule has 1 atom stereocenters. The molecular formula is C25H27N5O. The highest BCUT2D eigenvalue weighted by Gasteiger charge is 2.36. The van der Waals surface area contributed by atoms with E-state index >= 15 is 0 Å². The first-order chi connectivity index (χ1) is 15.0. The number of H-pyrrole nitrogens is 1. The summed E-state index contributed by atoms with van der Waals surface area (Å²) in [4.78, 5) is 20.9. The SMILES string of the molecule is CC1(C)CC(c2ccccn2)Nc2c(C(=O)CCCc3c[nH]c4ccccc34)cnn21. The third-order valence-electron chi connectivity index (χ3n) is 6.23. The van der Waals surface area contributed by atoms with E-state index in [0.29, 0.717) is 12.0 Å². The van der Waals surface area contributed by atoms with Crippen LogP contribution in [0.15, 0.2) is 61.1 Å². The van der Waals surface area contributed by atoms with E-state index in [2.05, 4.69) is 58.6 Å². The van der Waals surface area contributed by atoms with Crippen LogP contribution in [0.4, 0.5) is 5.82 Å². The molecule has 6 heteroatoms. The number of benzene rings is 1. The molecule has 6 nitrogen and oxygen atoms in total. The average Bonchev–Trinajstić information content (AvgIpc) is 3.39. The number of aryl methyl sites for hydroxylation is 1. The number of nitrogens with one attached hydrogen (secondary N) is 2. The molecule has 0 fully saturated rings. The molecule has 31 heavy (non-hydrogen) atoms. The van der Waals surface area contributed by atoms with Crippen LogP contribution in [0.3, 0.4) is 0 Å². The van der Waals surface area contributed by atoms with Crippen LogP contribution >= 0.6 is 0 Å². The van der Waals surface area contributed by atoms with Crippen molar-refractivity contribution in [3.63, 3.8) is 0 Å². The maximum Gasteiger partial charge on any atom is 0.168 e. The van der Waals surface area contributed by atoms with E-state index in [1.54, 1.807) is 6.20 Å². The molecule has 158 valence electrons. The second-order valence-electron chi connectivity index (χ2n) is 8.92. The molecule has 4 aromatic rings. The third-order valence-corrected chi connectivity index (χ3v) is 6.23. The van der Waals surface area contributed by atoms with Crippen molar-refractivity contribution < 1.29 is 4.79 Å². The highest BCUT2D eigenvalue weighted by molar-refractivity contribution is 6.00. The number of pyridine rings is 1. The molecule has 1 aliphatic heterocycles. The molecule has 3 aromatic heterocycles. The Hall–Kier alpha value is -3.41. The van der Waals surface area contributed by atoms with Crippen molar-refractivity contribution >= 4 is 22.5 Å². The summed E-state index contributed by atoms with van der Waals surface area (Å²) in [5, 5.41) is 9.34. The van der Waals surface area contributed by atoms with E-state index < -0.39 is 0 Å². The zero-order chi connectivity index (χ0) is 21.4. The van der Waals surface area contributed by atoms with Crippen molar-refractivity contribution in [1.29, 1.82) is 0 Å². The maximum absolute atomic E-state index is 13.1. The smallest absolute Gasteiger partial charge is 0.168 e. The van der Waals surface area contributed by atoms with Crippen LogP contribution in [-0.4, -0.2) is 25.5 Å². The summed E-state index contributed by atoms with van der Waals surface area (Å²) in [6.07, 6.45) is 8.61. The third kappa shape index (κ3) is 3.63.